The van der Waals surface area contributed by atoms with Crippen molar-refractivity contribution in [2.75, 3.05) is 25.5 Å². The van der Waals surface area contributed by atoms with Crippen LogP contribution in [0.1, 0.15) is 31.0 Å². The summed E-state index contributed by atoms with van der Waals surface area (Å²) in [6, 6.07) is 9.08. The van der Waals surface area contributed by atoms with Gasteiger partial charge in [0.15, 0.2) is 6.29 Å². The molecule has 0 saturated heterocycles. The first-order valence-electron chi connectivity index (χ1n) is 6.97. The molecular weight excluding hydrogens is 258 g/mol. The van der Waals surface area contributed by atoms with Crippen molar-refractivity contribution in [3.8, 4) is 0 Å². The molecule has 0 bridgehead atoms. The summed E-state index contributed by atoms with van der Waals surface area (Å²) in [6.45, 7) is 6.10. The molecule has 0 saturated carbocycles. The van der Waals surface area contributed by atoms with Gasteiger partial charge in [-0.1, -0.05) is 24.3 Å². The Labute approximate surface area is 120 Å². The van der Waals surface area contributed by atoms with Crippen LogP contribution in [0.4, 0.5) is 0 Å². The molecule has 2 rings (SSSR count). The number of benzene rings is 1. The average molecular weight is 281 g/mol. The fourth-order valence-electron chi connectivity index (χ4n) is 2.33. The SMILES string of the molecule is CCOC(CNC1CSCc2ccccc21)OCC. The topological polar surface area (TPSA) is 30.5 Å². The van der Waals surface area contributed by atoms with Crippen LogP contribution in [0.25, 0.3) is 0 Å². The van der Waals surface area contributed by atoms with Gasteiger partial charge in [-0.15, -0.1) is 0 Å². The van der Waals surface area contributed by atoms with E-state index in [-0.39, 0.29) is 6.29 Å². The Morgan fingerprint density at radius 1 is 1.26 bits per heavy atom. The number of thioether (sulfide) groups is 1. The normalized spacial score (nSPS) is 18.6. The number of nitrogens with one attached hydrogen (secondary N) is 1. The van der Waals surface area contributed by atoms with Crippen LogP contribution >= 0.6 is 11.8 Å². The second-order valence-corrected chi connectivity index (χ2v) is 5.55. The van der Waals surface area contributed by atoms with E-state index in [2.05, 4.69) is 29.6 Å². The van der Waals surface area contributed by atoms with Gasteiger partial charge in [-0.25, -0.2) is 0 Å². The van der Waals surface area contributed by atoms with Gasteiger partial charge in [-0.05, 0) is 25.0 Å². The molecule has 4 heteroatoms. The molecule has 1 N–H and O–H groups in total. The maximum atomic E-state index is 5.57. The highest BCUT2D eigenvalue weighted by Crippen LogP contribution is 2.31. The summed E-state index contributed by atoms with van der Waals surface area (Å²) in [7, 11) is 0. The van der Waals surface area contributed by atoms with Gasteiger partial charge in [-0.3, -0.25) is 0 Å². The molecule has 1 aromatic carbocycles. The fraction of sp³-hybridized carbons (Fsp3) is 0.600. The highest BCUT2D eigenvalue weighted by atomic mass is 32.2. The molecule has 0 radical (unpaired) electrons. The van der Waals surface area contributed by atoms with Crippen molar-refractivity contribution in [1.29, 1.82) is 0 Å². The molecule has 3 nitrogen and oxygen atoms in total. The maximum Gasteiger partial charge on any atom is 0.169 e. The Morgan fingerprint density at radius 3 is 2.74 bits per heavy atom. The van der Waals surface area contributed by atoms with Crippen LogP contribution in [0.2, 0.25) is 0 Å². The molecule has 1 unspecified atom stereocenters. The summed E-state index contributed by atoms with van der Waals surface area (Å²) in [4.78, 5) is 0. The summed E-state index contributed by atoms with van der Waals surface area (Å²) in [5.41, 5.74) is 2.87. The van der Waals surface area contributed by atoms with Gasteiger partial charge in [0.2, 0.25) is 0 Å². The first-order chi connectivity index (χ1) is 9.35. The number of hydrogen-bond donors (Lipinski definition) is 1. The summed E-state index contributed by atoms with van der Waals surface area (Å²) < 4.78 is 11.1. The Kier molecular flexibility index (Phi) is 6.17. The van der Waals surface area contributed by atoms with E-state index in [1.54, 1.807) is 0 Å². The van der Waals surface area contributed by atoms with Gasteiger partial charge >= 0.3 is 0 Å². The molecule has 0 fully saturated rings. The van der Waals surface area contributed by atoms with Crippen molar-refractivity contribution >= 4 is 11.8 Å². The predicted octanol–water partition coefficient (Wildman–Crippen LogP) is 2.96. The smallest absolute Gasteiger partial charge is 0.169 e. The summed E-state index contributed by atoms with van der Waals surface area (Å²) in [5, 5.41) is 3.58. The van der Waals surface area contributed by atoms with Gasteiger partial charge < -0.3 is 14.8 Å². The molecule has 19 heavy (non-hydrogen) atoms. The quantitative estimate of drug-likeness (QED) is 0.778. The number of fused-ring (bicyclic) bond motifs is 1. The third-order valence-electron chi connectivity index (χ3n) is 3.21. The van der Waals surface area contributed by atoms with Gasteiger partial charge in [0.25, 0.3) is 0 Å². The molecule has 1 atom stereocenters. The zero-order chi connectivity index (χ0) is 13.5. The van der Waals surface area contributed by atoms with E-state index in [0.717, 1.165) is 18.1 Å². The highest BCUT2D eigenvalue weighted by molar-refractivity contribution is 7.98. The van der Waals surface area contributed by atoms with Gasteiger partial charge in [0, 0.05) is 37.3 Å². The zero-order valence-electron chi connectivity index (χ0n) is 11.7. The Balaban J connectivity index is 1.92. The first-order valence-corrected chi connectivity index (χ1v) is 8.12. The van der Waals surface area contributed by atoms with Crippen LogP contribution in [0.3, 0.4) is 0 Å². The molecule has 0 spiro atoms. The Morgan fingerprint density at radius 2 is 2.00 bits per heavy atom. The lowest BCUT2D eigenvalue weighted by Crippen LogP contribution is -2.36. The minimum Gasteiger partial charge on any atom is -0.352 e. The average Bonchev–Trinajstić information content (AvgIpc) is 2.45. The number of ether oxygens (including phenoxy) is 2. The van der Waals surface area contributed by atoms with Crippen molar-refractivity contribution in [2.45, 2.75) is 31.9 Å². The number of rotatable bonds is 7. The van der Waals surface area contributed by atoms with Crippen molar-refractivity contribution in [3.63, 3.8) is 0 Å². The van der Waals surface area contributed by atoms with Gasteiger partial charge in [-0.2, -0.15) is 11.8 Å². The van der Waals surface area contributed by atoms with Crippen LogP contribution in [0.15, 0.2) is 24.3 Å². The van der Waals surface area contributed by atoms with Gasteiger partial charge in [0.05, 0.1) is 0 Å². The predicted molar refractivity (Wildman–Crippen MR) is 80.4 cm³/mol. The fourth-order valence-corrected chi connectivity index (χ4v) is 3.46. The van der Waals surface area contributed by atoms with E-state index < -0.39 is 0 Å². The van der Waals surface area contributed by atoms with Crippen molar-refractivity contribution in [1.82, 2.24) is 5.32 Å². The molecule has 1 aliphatic rings. The zero-order valence-corrected chi connectivity index (χ0v) is 12.5. The van der Waals surface area contributed by atoms with E-state index in [0.29, 0.717) is 19.3 Å². The van der Waals surface area contributed by atoms with E-state index >= 15 is 0 Å². The second kappa shape index (κ2) is 7.90. The van der Waals surface area contributed by atoms with E-state index in [1.807, 2.05) is 25.6 Å². The van der Waals surface area contributed by atoms with Crippen molar-refractivity contribution < 1.29 is 9.47 Å². The summed E-state index contributed by atoms with van der Waals surface area (Å²) in [5.74, 6) is 2.23. The minimum absolute atomic E-state index is 0.144. The lowest BCUT2D eigenvalue weighted by Gasteiger charge is -2.28. The molecule has 106 valence electrons. The summed E-state index contributed by atoms with van der Waals surface area (Å²) >= 11 is 1.98. The van der Waals surface area contributed by atoms with Gasteiger partial charge in [0.1, 0.15) is 0 Å². The summed E-state index contributed by atoms with van der Waals surface area (Å²) in [6.07, 6.45) is -0.144. The molecule has 1 aromatic rings. The third kappa shape index (κ3) is 4.21. The standard InChI is InChI=1S/C15H23NO2S/c1-3-17-15(18-4-2)9-16-14-11-19-10-12-7-5-6-8-13(12)14/h5-8,14-16H,3-4,9-11H2,1-2H3. The van der Waals surface area contributed by atoms with Crippen molar-refractivity contribution in [2.24, 2.45) is 0 Å². The molecule has 1 heterocycles. The molecule has 0 aliphatic carbocycles. The van der Waals surface area contributed by atoms with Crippen LogP contribution in [0.5, 0.6) is 0 Å². The van der Waals surface area contributed by atoms with E-state index in [9.17, 15) is 0 Å². The van der Waals surface area contributed by atoms with E-state index in [1.165, 1.54) is 11.1 Å². The van der Waals surface area contributed by atoms with Crippen LogP contribution in [-0.4, -0.2) is 31.8 Å². The molecule has 0 aromatic heterocycles. The van der Waals surface area contributed by atoms with E-state index in [4.69, 9.17) is 9.47 Å². The lowest BCUT2D eigenvalue weighted by molar-refractivity contribution is -0.133. The van der Waals surface area contributed by atoms with Crippen LogP contribution in [0, 0.1) is 0 Å². The first kappa shape index (κ1) is 14.9. The van der Waals surface area contributed by atoms with Crippen molar-refractivity contribution in [3.05, 3.63) is 35.4 Å². The minimum atomic E-state index is -0.144. The second-order valence-electron chi connectivity index (χ2n) is 4.52. The third-order valence-corrected chi connectivity index (χ3v) is 4.29. The highest BCUT2D eigenvalue weighted by Gasteiger charge is 2.20. The Hall–Kier alpha value is -0.550. The number of hydrogen-bond acceptors (Lipinski definition) is 4. The van der Waals surface area contributed by atoms with Crippen LogP contribution in [-0.2, 0) is 15.2 Å². The molecular formula is C15H23NO2S. The Bertz CT molecular complexity index is 380. The van der Waals surface area contributed by atoms with Crippen LogP contribution < -0.4 is 5.32 Å². The lowest BCUT2D eigenvalue weighted by atomic mass is 10.0. The largest absolute Gasteiger partial charge is 0.352 e. The monoisotopic (exact) mass is 281 g/mol. The molecule has 0 amide bonds. The molecule has 1 aliphatic heterocycles. The maximum absolute atomic E-state index is 5.57.